The number of aromatic nitrogens is 1. The lowest BCUT2D eigenvalue weighted by molar-refractivity contribution is 0.494. The van der Waals surface area contributed by atoms with Gasteiger partial charge in [0.25, 0.3) is 0 Å². The number of hydrogen-bond acceptors (Lipinski definition) is 2. The quantitative estimate of drug-likeness (QED) is 0.252. The molecule has 7 aromatic rings. The molecular formula is C33H21NO. The zero-order valence-electron chi connectivity index (χ0n) is 19.0. The van der Waals surface area contributed by atoms with Crippen LogP contribution in [-0.4, -0.2) is 4.98 Å². The van der Waals surface area contributed by atoms with E-state index in [4.69, 9.17) is 4.74 Å². The van der Waals surface area contributed by atoms with Gasteiger partial charge in [-0.05, 0) is 56.3 Å². The van der Waals surface area contributed by atoms with Gasteiger partial charge in [-0.15, -0.1) is 0 Å². The molecular weight excluding hydrogens is 426 g/mol. The highest BCUT2D eigenvalue weighted by molar-refractivity contribution is 6.19. The Labute approximate surface area is 203 Å². The van der Waals surface area contributed by atoms with Crippen LogP contribution in [-0.2, 0) is 0 Å². The van der Waals surface area contributed by atoms with Crippen LogP contribution in [0.3, 0.4) is 0 Å². The molecule has 0 atom stereocenters. The molecule has 0 saturated carbocycles. The monoisotopic (exact) mass is 447 g/mol. The van der Waals surface area contributed by atoms with Gasteiger partial charge in [0.1, 0.15) is 11.5 Å². The first-order valence-electron chi connectivity index (χ1n) is 11.8. The van der Waals surface area contributed by atoms with Crippen LogP contribution < -0.4 is 4.74 Å². The molecule has 0 aliphatic carbocycles. The summed E-state index contributed by atoms with van der Waals surface area (Å²) >= 11 is 0. The fraction of sp³-hybridized carbons (Fsp3) is 0. The Morgan fingerprint density at radius 1 is 0.486 bits per heavy atom. The van der Waals surface area contributed by atoms with E-state index < -0.39 is 0 Å². The van der Waals surface area contributed by atoms with Crippen molar-refractivity contribution in [3.8, 4) is 22.6 Å². The molecule has 0 spiro atoms. The van der Waals surface area contributed by atoms with Gasteiger partial charge in [-0.2, -0.15) is 0 Å². The van der Waals surface area contributed by atoms with Crippen molar-refractivity contribution in [2.75, 3.05) is 0 Å². The van der Waals surface area contributed by atoms with Crippen molar-refractivity contribution >= 4 is 43.1 Å². The SMILES string of the molecule is c1ccc2cc(Oc3c4ccccc4c(-c4cccc5ccccc45)c4cnccc34)ccc2c1. The van der Waals surface area contributed by atoms with Gasteiger partial charge < -0.3 is 4.74 Å². The predicted molar refractivity (Wildman–Crippen MR) is 146 cm³/mol. The first-order chi connectivity index (χ1) is 17.4. The molecule has 0 aliphatic rings. The number of nitrogens with zero attached hydrogens (tertiary/aromatic N) is 1. The van der Waals surface area contributed by atoms with E-state index in [2.05, 4.69) is 114 Å². The second kappa shape index (κ2) is 7.96. The Kier molecular flexibility index (Phi) is 4.49. The average molecular weight is 448 g/mol. The minimum absolute atomic E-state index is 0.824. The molecule has 0 bridgehead atoms. The molecule has 164 valence electrons. The molecule has 0 N–H and O–H groups in total. The molecule has 0 aliphatic heterocycles. The topological polar surface area (TPSA) is 22.1 Å². The molecule has 0 saturated heterocycles. The summed E-state index contributed by atoms with van der Waals surface area (Å²) < 4.78 is 6.66. The zero-order chi connectivity index (χ0) is 23.2. The zero-order valence-corrected chi connectivity index (χ0v) is 19.0. The van der Waals surface area contributed by atoms with E-state index >= 15 is 0 Å². The number of hydrogen-bond donors (Lipinski definition) is 0. The molecule has 6 aromatic carbocycles. The van der Waals surface area contributed by atoms with Crippen LogP contribution in [0.25, 0.3) is 54.2 Å². The lowest BCUT2D eigenvalue weighted by Gasteiger charge is -2.18. The van der Waals surface area contributed by atoms with Gasteiger partial charge in [-0.1, -0.05) is 97.1 Å². The number of ether oxygens (including phenoxy) is 1. The van der Waals surface area contributed by atoms with Gasteiger partial charge in [0.2, 0.25) is 0 Å². The largest absolute Gasteiger partial charge is 0.456 e. The summed E-state index contributed by atoms with van der Waals surface area (Å²) in [5, 5.41) is 9.18. The summed E-state index contributed by atoms with van der Waals surface area (Å²) in [5.41, 5.74) is 2.39. The first kappa shape index (κ1) is 19.7. The number of benzene rings is 6. The molecule has 0 amide bonds. The van der Waals surface area contributed by atoms with E-state index in [1.807, 2.05) is 18.5 Å². The van der Waals surface area contributed by atoms with Crippen LogP contribution in [0.2, 0.25) is 0 Å². The van der Waals surface area contributed by atoms with Crippen LogP contribution in [0.5, 0.6) is 11.5 Å². The molecule has 35 heavy (non-hydrogen) atoms. The number of fused-ring (bicyclic) bond motifs is 4. The fourth-order valence-electron chi connectivity index (χ4n) is 5.17. The summed E-state index contributed by atoms with van der Waals surface area (Å²) in [6.45, 7) is 0. The summed E-state index contributed by atoms with van der Waals surface area (Å²) in [6, 6.07) is 40.3. The van der Waals surface area contributed by atoms with Crippen molar-refractivity contribution in [3.05, 3.63) is 128 Å². The highest BCUT2D eigenvalue weighted by Gasteiger charge is 2.18. The lowest BCUT2D eigenvalue weighted by Crippen LogP contribution is -1.93. The molecule has 2 heteroatoms. The Hall–Kier alpha value is -4.69. The van der Waals surface area contributed by atoms with E-state index in [9.17, 15) is 0 Å². The maximum atomic E-state index is 6.66. The van der Waals surface area contributed by atoms with Gasteiger partial charge in [0.15, 0.2) is 0 Å². The van der Waals surface area contributed by atoms with Gasteiger partial charge in [0, 0.05) is 28.6 Å². The van der Waals surface area contributed by atoms with Crippen LogP contribution in [0.15, 0.2) is 128 Å². The Morgan fingerprint density at radius 3 is 2.06 bits per heavy atom. The highest BCUT2D eigenvalue weighted by atomic mass is 16.5. The Morgan fingerprint density at radius 2 is 1.17 bits per heavy atom. The van der Waals surface area contributed by atoms with E-state index in [-0.39, 0.29) is 0 Å². The van der Waals surface area contributed by atoms with Crippen molar-refractivity contribution < 1.29 is 4.74 Å². The van der Waals surface area contributed by atoms with E-state index in [0.29, 0.717) is 0 Å². The van der Waals surface area contributed by atoms with Crippen molar-refractivity contribution in [2.24, 2.45) is 0 Å². The minimum Gasteiger partial charge on any atom is -0.456 e. The van der Waals surface area contributed by atoms with Crippen LogP contribution in [0, 0.1) is 0 Å². The van der Waals surface area contributed by atoms with E-state index in [0.717, 1.165) is 38.4 Å². The average Bonchev–Trinajstić information content (AvgIpc) is 2.93. The second-order valence-corrected chi connectivity index (χ2v) is 8.81. The normalized spacial score (nSPS) is 11.4. The van der Waals surface area contributed by atoms with Crippen molar-refractivity contribution in [2.45, 2.75) is 0 Å². The molecule has 0 fully saturated rings. The third kappa shape index (κ3) is 3.23. The second-order valence-electron chi connectivity index (χ2n) is 8.81. The summed E-state index contributed by atoms with van der Waals surface area (Å²) in [4.78, 5) is 4.52. The van der Waals surface area contributed by atoms with Gasteiger partial charge in [-0.25, -0.2) is 0 Å². The Balaban J connectivity index is 1.54. The molecule has 0 radical (unpaired) electrons. The van der Waals surface area contributed by atoms with Crippen molar-refractivity contribution in [1.82, 2.24) is 4.98 Å². The lowest BCUT2D eigenvalue weighted by atomic mass is 9.89. The highest BCUT2D eigenvalue weighted by Crippen LogP contribution is 2.45. The third-order valence-electron chi connectivity index (χ3n) is 6.78. The van der Waals surface area contributed by atoms with Gasteiger partial charge >= 0.3 is 0 Å². The van der Waals surface area contributed by atoms with Gasteiger partial charge in [0.05, 0.1) is 0 Å². The molecule has 1 aromatic heterocycles. The fourth-order valence-corrected chi connectivity index (χ4v) is 5.17. The summed E-state index contributed by atoms with van der Waals surface area (Å²) in [7, 11) is 0. The van der Waals surface area contributed by atoms with E-state index in [1.54, 1.807) is 0 Å². The standard InChI is InChI=1S/C33H21NO/c1-2-10-24-20-25(17-16-22(24)8-1)35-33-29-14-6-5-13-28(29)32(31-21-34-19-18-30(31)33)27-15-7-11-23-9-3-4-12-26(23)27/h1-21H. The third-order valence-corrected chi connectivity index (χ3v) is 6.78. The van der Waals surface area contributed by atoms with Crippen LogP contribution >= 0.6 is 0 Å². The maximum absolute atomic E-state index is 6.66. The van der Waals surface area contributed by atoms with Crippen LogP contribution in [0.1, 0.15) is 0 Å². The molecule has 7 rings (SSSR count). The number of rotatable bonds is 3. The van der Waals surface area contributed by atoms with Crippen molar-refractivity contribution in [3.63, 3.8) is 0 Å². The smallest absolute Gasteiger partial charge is 0.143 e. The maximum Gasteiger partial charge on any atom is 0.143 e. The van der Waals surface area contributed by atoms with E-state index in [1.165, 1.54) is 27.3 Å². The predicted octanol–water partition coefficient (Wildman–Crippen LogP) is 9.15. The molecule has 2 nitrogen and oxygen atoms in total. The summed E-state index contributed by atoms with van der Waals surface area (Å²) in [5.74, 6) is 1.68. The van der Waals surface area contributed by atoms with Crippen LogP contribution in [0.4, 0.5) is 0 Å². The number of pyridine rings is 1. The summed E-state index contributed by atoms with van der Waals surface area (Å²) in [6.07, 6.45) is 3.81. The van der Waals surface area contributed by atoms with Gasteiger partial charge in [-0.3, -0.25) is 4.98 Å². The molecule has 1 heterocycles. The Bertz CT molecular complexity index is 1820. The molecule has 0 unspecified atom stereocenters. The minimum atomic E-state index is 0.824. The van der Waals surface area contributed by atoms with Crippen molar-refractivity contribution in [1.29, 1.82) is 0 Å². The first-order valence-corrected chi connectivity index (χ1v) is 11.8.